The number of aromatic amines is 1. The molecule has 0 aliphatic carbocycles. The largest absolute Gasteiger partial charge is 0.325 e. The molecule has 0 saturated carbocycles. The average molecular weight is 290 g/mol. The van der Waals surface area contributed by atoms with Crippen LogP contribution in [0.25, 0.3) is 16.8 Å². The Morgan fingerprint density at radius 2 is 2.05 bits per heavy atom. The fourth-order valence-electron chi connectivity index (χ4n) is 2.49. The van der Waals surface area contributed by atoms with E-state index in [-0.39, 0.29) is 11.1 Å². The van der Waals surface area contributed by atoms with Gasteiger partial charge in [-0.15, -0.1) is 0 Å². The first kappa shape index (κ1) is 13.8. The summed E-state index contributed by atoms with van der Waals surface area (Å²) in [5.74, 6) is 0. The molecule has 0 bridgehead atoms. The highest BCUT2D eigenvalue weighted by atomic mass is 16.1. The third-order valence-corrected chi connectivity index (χ3v) is 3.47. The van der Waals surface area contributed by atoms with E-state index in [4.69, 9.17) is 0 Å². The Kier molecular flexibility index (Phi) is 3.36. The number of pyridine rings is 1. The highest BCUT2D eigenvalue weighted by molar-refractivity contribution is 5.78. The van der Waals surface area contributed by atoms with Crippen molar-refractivity contribution in [2.45, 2.75) is 13.8 Å². The molecule has 1 aromatic carbocycles. The number of rotatable bonds is 2. The average Bonchev–Trinajstić information content (AvgIpc) is 3.00. The molecule has 1 N–H and O–H groups in total. The molecule has 0 atom stereocenters. The van der Waals surface area contributed by atoms with Gasteiger partial charge >= 0.3 is 0 Å². The molecule has 0 unspecified atom stereocenters. The quantitative estimate of drug-likeness (QED) is 0.788. The molecule has 0 fully saturated rings. The third-order valence-electron chi connectivity index (χ3n) is 3.47. The molecule has 0 amide bonds. The molecule has 2 aromatic heterocycles. The summed E-state index contributed by atoms with van der Waals surface area (Å²) in [5, 5.41) is 13.6. The van der Waals surface area contributed by atoms with E-state index in [2.05, 4.69) is 10.1 Å². The van der Waals surface area contributed by atoms with Gasteiger partial charge < -0.3 is 4.98 Å². The van der Waals surface area contributed by atoms with Crippen molar-refractivity contribution in [3.8, 4) is 22.9 Å². The summed E-state index contributed by atoms with van der Waals surface area (Å²) < 4.78 is 1.73. The van der Waals surface area contributed by atoms with Crippen LogP contribution in [0.4, 0.5) is 0 Å². The van der Waals surface area contributed by atoms with E-state index in [0.29, 0.717) is 11.3 Å². The van der Waals surface area contributed by atoms with Gasteiger partial charge in [0.2, 0.25) is 0 Å². The summed E-state index contributed by atoms with van der Waals surface area (Å²) in [6.07, 6.45) is 3.53. The lowest BCUT2D eigenvalue weighted by molar-refractivity contribution is 0.881. The van der Waals surface area contributed by atoms with Gasteiger partial charge in [0.25, 0.3) is 5.56 Å². The zero-order chi connectivity index (χ0) is 15.7. The SMILES string of the molecule is Cc1ccc(-n2cccn2)c(-c2cc(C)[nH]c(=O)c2C#N)c1. The van der Waals surface area contributed by atoms with Crippen LogP contribution >= 0.6 is 0 Å². The van der Waals surface area contributed by atoms with Crippen LogP contribution in [0.15, 0.2) is 47.5 Å². The van der Waals surface area contributed by atoms with E-state index in [1.165, 1.54) is 0 Å². The summed E-state index contributed by atoms with van der Waals surface area (Å²) in [5.41, 5.74) is 3.78. The summed E-state index contributed by atoms with van der Waals surface area (Å²) in [6.45, 7) is 3.78. The number of nitrogens with one attached hydrogen (secondary N) is 1. The zero-order valence-electron chi connectivity index (χ0n) is 12.3. The van der Waals surface area contributed by atoms with Crippen molar-refractivity contribution in [1.29, 1.82) is 5.26 Å². The van der Waals surface area contributed by atoms with Gasteiger partial charge in [-0.3, -0.25) is 4.79 Å². The second-order valence-corrected chi connectivity index (χ2v) is 5.15. The molecular formula is C17H14N4O. The number of nitriles is 1. The minimum atomic E-state index is -0.370. The number of nitrogens with zero attached hydrogens (tertiary/aromatic N) is 3. The van der Waals surface area contributed by atoms with Crippen molar-refractivity contribution < 1.29 is 0 Å². The number of aryl methyl sites for hydroxylation is 2. The summed E-state index contributed by atoms with van der Waals surface area (Å²) in [7, 11) is 0. The van der Waals surface area contributed by atoms with Crippen molar-refractivity contribution in [3.63, 3.8) is 0 Å². The Bertz CT molecular complexity index is 930. The maximum atomic E-state index is 12.0. The van der Waals surface area contributed by atoms with Crippen LogP contribution in [-0.2, 0) is 0 Å². The van der Waals surface area contributed by atoms with E-state index in [9.17, 15) is 10.1 Å². The molecule has 0 aliphatic heterocycles. The fraction of sp³-hybridized carbons (Fsp3) is 0.118. The van der Waals surface area contributed by atoms with Crippen molar-refractivity contribution in [1.82, 2.24) is 14.8 Å². The zero-order valence-corrected chi connectivity index (χ0v) is 12.3. The van der Waals surface area contributed by atoms with Crippen molar-refractivity contribution >= 4 is 0 Å². The third kappa shape index (κ3) is 2.31. The van der Waals surface area contributed by atoms with Gasteiger partial charge in [0.15, 0.2) is 0 Å². The van der Waals surface area contributed by atoms with Crippen LogP contribution in [0.3, 0.4) is 0 Å². The van der Waals surface area contributed by atoms with Gasteiger partial charge in [-0.25, -0.2) is 4.68 Å². The Morgan fingerprint density at radius 1 is 1.23 bits per heavy atom. The van der Waals surface area contributed by atoms with Gasteiger partial charge in [0.1, 0.15) is 11.6 Å². The van der Waals surface area contributed by atoms with Crippen LogP contribution in [0, 0.1) is 25.2 Å². The topological polar surface area (TPSA) is 74.5 Å². The Morgan fingerprint density at radius 3 is 2.73 bits per heavy atom. The van der Waals surface area contributed by atoms with Gasteiger partial charge in [-0.05, 0) is 38.1 Å². The Balaban J connectivity index is 2.37. The molecule has 5 heteroatoms. The fourth-order valence-corrected chi connectivity index (χ4v) is 2.49. The molecule has 108 valence electrons. The Hall–Kier alpha value is -3.13. The van der Waals surface area contributed by atoms with Crippen LogP contribution in [0.1, 0.15) is 16.8 Å². The summed E-state index contributed by atoms with van der Waals surface area (Å²) in [6, 6.07) is 11.5. The normalized spacial score (nSPS) is 10.4. The first-order valence-electron chi connectivity index (χ1n) is 6.85. The van der Waals surface area contributed by atoms with E-state index in [1.807, 2.05) is 49.5 Å². The molecule has 0 saturated heterocycles. The summed E-state index contributed by atoms with van der Waals surface area (Å²) in [4.78, 5) is 14.7. The molecule has 0 aliphatic rings. The predicted octanol–water partition coefficient (Wildman–Crippen LogP) is 2.72. The second kappa shape index (κ2) is 5.34. The van der Waals surface area contributed by atoms with Crippen molar-refractivity contribution in [2.24, 2.45) is 0 Å². The maximum Gasteiger partial charge on any atom is 0.266 e. The molecule has 2 heterocycles. The van der Waals surface area contributed by atoms with E-state index in [0.717, 1.165) is 16.8 Å². The lowest BCUT2D eigenvalue weighted by atomic mass is 9.97. The lowest BCUT2D eigenvalue weighted by Gasteiger charge is -2.12. The first-order chi connectivity index (χ1) is 10.6. The van der Waals surface area contributed by atoms with Gasteiger partial charge in [0, 0.05) is 29.2 Å². The van der Waals surface area contributed by atoms with E-state index in [1.54, 1.807) is 17.8 Å². The van der Waals surface area contributed by atoms with Crippen LogP contribution < -0.4 is 5.56 Å². The highest BCUT2D eigenvalue weighted by Gasteiger charge is 2.15. The number of hydrogen-bond donors (Lipinski definition) is 1. The minimum absolute atomic E-state index is 0.115. The predicted molar refractivity (Wildman–Crippen MR) is 83.8 cm³/mol. The number of aromatic nitrogens is 3. The number of benzene rings is 1. The monoisotopic (exact) mass is 290 g/mol. The van der Waals surface area contributed by atoms with Crippen LogP contribution in [0.2, 0.25) is 0 Å². The molecule has 3 aromatic rings. The molecule has 0 spiro atoms. The standard InChI is InChI=1S/C17H14N4O/c1-11-4-5-16(21-7-3-6-19-21)14(8-11)13-9-12(2)20-17(22)15(13)10-18/h3-9H,1-2H3,(H,20,22). The lowest BCUT2D eigenvalue weighted by Crippen LogP contribution is -2.13. The molecule has 3 rings (SSSR count). The van der Waals surface area contributed by atoms with Crippen LogP contribution in [-0.4, -0.2) is 14.8 Å². The Labute approximate surface area is 127 Å². The number of hydrogen-bond acceptors (Lipinski definition) is 3. The second-order valence-electron chi connectivity index (χ2n) is 5.15. The smallest absolute Gasteiger partial charge is 0.266 e. The van der Waals surface area contributed by atoms with Gasteiger partial charge in [-0.1, -0.05) is 11.6 Å². The van der Waals surface area contributed by atoms with Gasteiger partial charge in [0.05, 0.1) is 5.69 Å². The molecule has 0 radical (unpaired) electrons. The van der Waals surface area contributed by atoms with E-state index >= 15 is 0 Å². The molecule has 22 heavy (non-hydrogen) atoms. The van der Waals surface area contributed by atoms with Crippen LogP contribution in [0.5, 0.6) is 0 Å². The number of H-pyrrole nitrogens is 1. The van der Waals surface area contributed by atoms with E-state index < -0.39 is 0 Å². The minimum Gasteiger partial charge on any atom is -0.325 e. The first-order valence-corrected chi connectivity index (χ1v) is 6.85. The van der Waals surface area contributed by atoms with Crippen molar-refractivity contribution in [2.75, 3.05) is 0 Å². The van der Waals surface area contributed by atoms with Crippen molar-refractivity contribution in [3.05, 3.63) is 69.9 Å². The highest BCUT2D eigenvalue weighted by Crippen LogP contribution is 2.29. The molecular weight excluding hydrogens is 276 g/mol. The maximum absolute atomic E-state index is 12.0. The molecule has 5 nitrogen and oxygen atoms in total. The summed E-state index contributed by atoms with van der Waals surface area (Å²) >= 11 is 0. The van der Waals surface area contributed by atoms with Gasteiger partial charge in [-0.2, -0.15) is 10.4 Å².